The molecule has 7 heteroatoms. The van der Waals surface area contributed by atoms with Crippen LogP contribution in [-0.2, 0) is 19.0 Å². The summed E-state index contributed by atoms with van der Waals surface area (Å²) in [6, 6.07) is -0.351. The van der Waals surface area contributed by atoms with Crippen molar-refractivity contribution in [2.75, 3.05) is 33.0 Å². The minimum atomic E-state index is -0.424. The average molecular weight is 877 g/mol. The first-order chi connectivity index (χ1) is 29.9. The molecule has 0 radical (unpaired) electrons. The number of hydrogen-bond donors (Lipinski definition) is 2. The summed E-state index contributed by atoms with van der Waals surface area (Å²) >= 11 is 0. The first kappa shape index (κ1) is 58.7. The van der Waals surface area contributed by atoms with Gasteiger partial charge in [0.15, 0.2) is 0 Å². The van der Waals surface area contributed by atoms with Crippen LogP contribution in [-0.4, -0.2) is 56.6 Å². The van der Waals surface area contributed by atoms with E-state index >= 15 is 0 Å². The molecule has 0 bridgehead atoms. The quantitative estimate of drug-likeness (QED) is 0.0595. The summed E-state index contributed by atoms with van der Waals surface area (Å²) in [5.41, 5.74) is -0.0981. The predicted molar refractivity (Wildman–Crippen MR) is 266 cm³/mol. The van der Waals surface area contributed by atoms with E-state index in [0.29, 0.717) is 32.1 Å². The van der Waals surface area contributed by atoms with Gasteiger partial charge in [0.1, 0.15) is 6.61 Å². The first-order valence-electron chi connectivity index (χ1n) is 27.3. The molecule has 0 saturated heterocycles. The van der Waals surface area contributed by atoms with Crippen molar-refractivity contribution in [3.63, 3.8) is 0 Å². The molecule has 1 aliphatic rings. The second kappa shape index (κ2) is 37.8. The van der Waals surface area contributed by atoms with Crippen LogP contribution >= 0.6 is 0 Å². The van der Waals surface area contributed by atoms with E-state index in [-0.39, 0.29) is 35.0 Å². The number of carbonyl (C=O) groups excluding carboxylic acids is 2. The van der Waals surface area contributed by atoms with Crippen LogP contribution in [0, 0.1) is 16.7 Å². The van der Waals surface area contributed by atoms with Crippen molar-refractivity contribution in [3.8, 4) is 0 Å². The maximum Gasteiger partial charge on any atom is 0.407 e. The zero-order valence-corrected chi connectivity index (χ0v) is 43.0. The van der Waals surface area contributed by atoms with E-state index in [4.69, 9.17) is 14.2 Å². The number of unbranched alkanes of at least 4 members (excludes halogenated alkanes) is 29. The minimum absolute atomic E-state index is 0.00160. The molecule has 3 unspecified atom stereocenters. The van der Waals surface area contributed by atoms with Crippen molar-refractivity contribution in [1.29, 1.82) is 0 Å². The number of alkyl carbamates (subject to hydrolysis) is 1. The van der Waals surface area contributed by atoms with Gasteiger partial charge >= 0.3 is 6.09 Å². The number of amides is 2. The van der Waals surface area contributed by atoms with Crippen LogP contribution in [0.5, 0.6) is 0 Å². The van der Waals surface area contributed by atoms with Crippen molar-refractivity contribution in [3.05, 3.63) is 0 Å². The fourth-order valence-corrected chi connectivity index (χ4v) is 9.49. The Morgan fingerprint density at radius 3 is 1.42 bits per heavy atom. The van der Waals surface area contributed by atoms with Crippen LogP contribution in [0.2, 0.25) is 0 Å². The molecule has 7 nitrogen and oxygen atoms in total. The molecule has 1 aliphatic carbocycles. The van der Waals surface area contributed by atoms with Gasteiger partial charge in [-0.3, -0.25) is 4.79 Å². The lowest BCUT2D eigenvalue weighted by Gasteiger charge is -2.31. The highest BCUT2D eigenvalue weighted by atomic mass is 16.6. The first-order valence-corrected chi connectivity index (χ1v) is 27.3. The molecule has 1 rings (SSSR count). The van der Waals surface area contributed by atoms with Crippen molar-refractivity contribution >= 4 is 12.0 Å². The maximum atomic E-state index is 13.0. The zero-order chi connectivity index (χ0) is 45.6. The molecule has 0 spiro atoms. The second-order valence-electron chi connectivity index (χ2n) is 21.6. The smallest absolute Gasteiger partial charge is 0.407 e. The predicted octanol–water partition coefficient (Wildman–Crippen LogP) is 16.4. The van der Waals surface area contributed by atoms with Gasteiger partial charge in [-0.25, -0.2) is 4.79 Å². The largest absolute Gasteiger partial charge is 0.447 e. The van der Waals surface area contributed by atoms with Crippen molar-refractivity contribution in [1.82, 2.24) is 10.6 Å². The molecule has 0 aromatic heterocycles. The van der Waals surface area contributed by atoms with E-state index in [1.54, 1.807) is 0 Å². The van der Waals surface area contributed by atoms with Crippen molar-refractivity contribution in [2.45, 2.75) is 292 Å². The van der Waals surface area contributed by atoms with Crippen LogP contribution in [0.3, 0.4) is 0 Å². The van der Waals surface area contributed by atoms with Gasteiger partial charge in [-0.05, 0) is 62.7 Å². The summed E-state index contributed by atoms with van der Waals surface area (Å²) < 4.78 is 18.1. The van der Waals surface area contributed by atoms with E-state index in [2.05, 4.69) is 66.0 Å². The van der Waals surface area contributed by atoms with Gasteiger partial charge in [-0.15, -0.1) is 0 Å². The monoisotopic (exact) mass is 877 g/mol. The van der Waals surface area contributed by atoms with Gasteiger partial charge in [-0.2, -0.15) is 0 Å². The van der Waals surface area contributed by atoms with Gasteiger partial charge in [-0.1, -0.05) is 228 Å². The Morgan fingerprint density at radius 2 is 0.984 bits per heavy atom. The molecule has 62 heavy (non-hydrogen) atoms. The van der Waals surface area contributed by atoms with Crippen LogP contribution in [0.25, 0.3) is 0 Å². The summed E-state index contributed by atoms with van der Waals surface area (Å²) in [5, 5.41) is 6.19. The molecule has 0 heterocycles. The van der Waals surface area contributed by atoms with Gasteiger partial charge < -0.3 is 24.8 Å². The minimum Gasteiger partial charge on any atom is -0.447 e. The molecule has 1 saturated carbocycles. The standard InChI is InChI=1S/C55H108N2O5/c1-9-11-13-15-17-19-21-23-25-27-29-31-33-35-37-39-42-60-44-50(57-51(58)40-38-36-34-32-30-28-26-24-22-20-18-16-14-12-10-2)45-61-52(59)56-48-55(8)47-54(55,7)46-53(5,6)62-43-41-49(3)4/h49-50H,9-48H2,1-8H3,(H,56,59)(H,57,58). The Labute approximate surface area is 386 Å². The fourth-order valence-electron chi connectivity index (χ4n) is 9.49. The average Bonchev–Trinajstić information content (AvgIpc) is 3.76. The van der Waals surface area contributed by atoms with E-state index in [1.165, 1.54) is 180 Å². The van der Waals surface area contributed by atoms with E-state index in [0.717, 1.165) is 45.1 Å². The molecule has 368 valence electrons. The Kier molecular flexibility index (Phi) is 35.8. The lowest BCUT2D eigenvalue weighted by Crippen LogP contribution is -2.43. The molecule has 1 fully saturated rings. The van der Waals surface area contributed by atoms with Gasteiger partial charge in [0, 0.05) is 26.2 Å². The molecular formula is C55H108N2O5. The van der Waals surface area contributed by atoms with Gasteiger partial charge in [0.05, 0.1) is 18.2 Å². The third-order valence-corrected chi connectivity index (χ3v) is 14.0. The third kappa shape index (κ3) is 33.2. The van der Waals surface area contributed by atoms with Gasteiger partial charge in [0.25, 0.3) is 0 Å². The van der Waals surface area contributed by atoms with Gasteiger partial charge in [0.2, 0.25) is 5.91 Å². The molecule has 0 aromatic rings. The zero-order valence-electron chi connectivity index (χ0n) is 43.0. The number of hydrogen-bond acceptors (Lipinski definition) is 5. The summed E-state index contributed by atoms with van der Waals surface area (Å²) in [6.07, 6.45) is 44.3. The SMILES string of the molecule is CCCCCCCCCCCCCCCCCCOCC(COC(=O)NCC1(C)CC1(C)CC(C)(C)OCCC(C)C)NC(=O)CCCCCCCCCCCCCCCCC. The van der Waals surface area contributed by atoms with E-state index < -0.39 is 6.09 Å². The third-order valence-electron chi connectivity index (χ3n) is 14.0. The highest BCUT2D eigenvalue weighted by Gasteiger charge is 2.62. The number of ether oxygens (including phenoxy) is 3. The Balaban J connectivity index is 2.36. The molecule has 2 amide bonds. The molecule has 2 N–H and O–H groups in total. The Morgan fingerprint density at radius 1 is 0.565 bits per heavy atom. The fraction of sp³-hybridized carbons (Fsp3) is 0.964. The summed E-state index contributed by atoms with van der Waals surface area (Å²) in [6.45, 7) is 20.5. The molecule has 0 aliphatic heterocycles. The topological polar surface area (TPSA) is 85.9 Å². The second-order valence-corrected chi connectivity index (χ2v) is 21.6. The Bertz CT molecular complexity index is 1050. The summed E-state index contributed by atoms with van der Waals surface area (Å²) in [5.74, 6) is 0.656. The number of rotatable bonds is 46. The van der Waals surface area contributed by atoms with E-state index in [9.17, 15) is 9.59 Å². The van der Waals surface area contributed by atoms with E-state index in [1.807, 2.05) is 0 Å². The van der Waals surface area contributed by atoms with Crippen molar-refractivity contribution in [2.24, 2.45) is 16.7 Å². The van der Waals surface area contributed by atoms with Crippen LogP contribution in [0.15, 0.2) is 0 Å². The number of carbonyl (C=O) groups is 2. The van der Waals surface area contributed by atoms with Crippen LogP contribution < -0.4 is 10.6 Å². The highest BCUT2D eigenvalue weighted by Crippen LogP contribution is 2.66. The molecule has 3 atom stereocenters. The lowest BCUT2D eigenvalue weighted by atomic mass is 9.85. The summed E-state index contributed by atoms with van der Waals surface area (Å²) in [4.78, 5) is 26.0. The van der Waals surface area contributed by atoms with Crippen LogP contribution in [0.4, 0.5) is 4.79 Å². The highest BCUT2D eigenvalue weighted by molar-refractivity contribution is 5.76. The molecule has 0 aromatic carbocycles. The molecular weight excluding hydrogens is 769 g/mol. The normalized spacial score (nSPS) is 18.0. The van der Waals surface area contributed by atoms with Crippen molar-refractivity contribution < 1.29 is 23.8 Å². The maximum absolute atomic E-state index is 13.0. The number of nitrogens with one attached hydrogen (secondary N) is 2. The van der Waals surface area contributed by atoms with Crippen LogP contribution in [0.1, 0.15) is 280 Å². The Hall–Kier alpha value is -1.34. The summed E-state index contributed by atoms with van der Waals surface area (Å²) in [7, 11) is 0. The lowest BCUT2D eigenvalue weighted by molar-refractivity contribution is -0.122.